The number of allylic oxidation sites excluding steroid dienone is 12. The zero-order valence-electron chi connectivity index (χ0n) is 57.3. The fraction of sp³-hybridized carbons (Fsp3) is 0.229. The van der Waals surface area contributed by atoms with Crippen molar-refractivity contribution in [2.24, 2.45) is 11.7 Å². The average molecular weight is 1380 g/mol. The molecule has 0 spiro atoms. The van der Waals surface area contributed by atoms with Gasteiger partial charge in [0.2, 0.25) is 0 Å². The van der Waals surface area contributed by atoms with Crippen molar-refractivity contribution in [3.05, 3.63) is 264 Å². The van der Waals surface area contributed by atoms with Crippen molar-refractivity contribution in [3.63, 3.8) is 0 Å². The summed E-state index contributed by atoms with van der Waals surface area (Å²) in [5, 5.41) is 79.0. The third-order valence-electron chi connectivity index (χ3n) is 16.9. The number of phenols is 3. The molecule has 14 rings (SSSR count). The molecule has 532 valence electrons. The van der Waals surface area contributed by atoms with Gasteiger partial charge in [-0.2, -0.15) is 0 Å². The van der Waals surface area contributed by atoms with Gasteiger partial charge in [-0.15, -0.1) is 0 Å². The Kier molecular flexibility index (Phi) is 29.0. The maximum Gasteiger partial charge on any atom is 0.127 e. The largest absolute Gasteiger partial charge is 0.507 e. The first-order valence-corrected chi connectivity index (χ1v) is 33.9. The highest BCUT2D eigenvalue weighted by Gasteiger charge is 2.35. The molecule has 0 bridgehead atoms. The second-order valence-corrected chi connectivity index (χ2v) is 23.7. The maximum atomic E-state index is 9.44. The predicted octanol–water partition coefficient (Wildman–Crippen LogP) is 13.1. The Bertz CT molecular complexity index is 4120. The highest BCUT2D eigenvalue weighted by molar-refractivity contribution is 6.02. The van der Waals surface area contributed by atoms with E-state index in [1.54, 1.807) is 48.5 Å². The van der Waals surface area contributed by atoms with E-state index in [2.05, 4.69) is 72.2 Å². The van der Waals surface area contributed by atoms with Crippen LogP contribution in [0.1, 0.15) is 13.3 Å². The summed E-state index contributed by atoms with van der Waals surface area (Å²) in [6.07, 6.45) is 16.5. The van der Waals surface area contributed by atoms with Crippen LogP contribution in [0.2, 0.25) is 0 Å². The molecule has 10 aromatic rings. The summed E-state index contributed by atoms with van der Waals surface area (Å²) < 4.78 is 32.5. The number of aliphatic hydroxyl groups excluding tert-OH is 4. The second-order valence-electron chi connectivity index (χ2n) is 23.7. The quantitative estimate of drug-likeness (QED) is 0.0197. The Morgan fingerprint density at radius 3 is 1.22 bits per heavy atom. The van der Waals surface area contributed by atoms with E-state index in [-0.39, 0.29) is 43.7 Å². The van der Waals surface area contributed by atoms with E-state index in [0.29, 0.717) is 102 Å². The minimum atomic E-state index is 0.0109. The van der Waals surface area contributed by atoms with Gasteiger partial charge < -0.3 is 97.7 Å². The van der Waals surface area contributed by atoms with Crippen molar-refractivity contribution in [3.8, 4) is 28.7 Å². The molecule has 10 aromatic carbocycles. The molecule has 0 radical (unpaired) electrons. The topological polar surface area (TPSA) is 325 Å². The van der Waals surface area contributed by atoms with E-state index in [0.717, 1.165) is 89.5 Å². The fourth-order valence-electron chi connectivity index (χ4n) is 12.0. The van der Waals surface area contributed by atoms with Crippen LogP contribution in [0.3, 0.4) is 0 Å². The van der Waals surface area contributed by atoms with Gasteiger partial charge in [0.05, 0.1) is 79.3 Å². The summed E-state index contributed by atoms with van der Waals surface area (Å²) in [5.41, 5.74) is 37.0. The molecule has 17 N–H and O–H groups in total. The number of ether oxygens (including phenoxy) is 6. The first-order valence-electron chi connectivity index (χ1n) is 33.9. The van der Waals surface area contributed by atoms with Crippen molar-refractivity contribution in [2.45, 2.75) is 13.3 Å². The van der Waals surface area contributed by atoms with Gasteiger partial charge in [0, 0.05) is 113 Å². The van der Waals surface area contributed by atoms with Gasteiger partial charge in [0.1, 0.15) is 42.0 Å². The lowest BCUT2D eigenvalue weighted by atomic mass is 9.67. The van der Waals surface area contributed by atoms with Gasteiger partial charge in [-0.3, -0.25) is 0 Å². The van der Waals surface area contributed by atoms with Crippen LogP contribution in [0, 0.1) is 5.92 Å². The highest BCUT2D eigenvalue weighted by atomic mass is 16.5. The number of hydrogen-bond acceptors (Lipinski definition) is 19. The van der Waals surface area contributed by atoms with E-state index in [1.165, 1.54) is 33.4 Å². The van der Waals surface area contributed by atoms with Gasteiger partial charge in [0.15, 0.2) is 0 Å². The van der Waals surface area contributed by atoms with E-state index < -0.39 is 0 Å². The SMILES string of the molecule is CC1=CC=C2C=CC3=C4C(=CC=C1C24)CC=C3N.Nc1cccc2c(N)cccc12.Nc1cccc2c(O)cccc12.OCCOCCNc1cccc2c(NCCOCCO)cccc12.OCCOCCOc1cccc2c(OCCOCCO)cccc12.Oc1cccc2c(O)cccc12. The second kappa shape index (κ2) is 39.2. The van der Waals surface area contributed by atoms with Crippen LogP contribution < -0.4 is 43.0 Å². The Balaban J connectivity index is 0.000000146. The fourth-order valence-corrected chi connectivity index (χ4v) is 12.0. The number of benzene rings is 10. The predicted molar refractivity (Wildman–Crippen MR) is 412 cm³/mol. The zero-order valence-corrected chi connectivity index (χ0v) is 57.3. The molecule has 4 aliphatic rings. The lowest BCUT2D eigenvalue weighted by molar-refractivity contribution is 0.0705. The van der Waals surface area contributed by atoms with Crippen LogP contribution in [0.15, 0.2) is 264 Å². The third kappa shape index (κ3) is 20.2. The van der Waals surface area contributed by atoms with E-state index >= 15 is 0 Å². The Morgan fingerprint density at radius 2 is 0.765 bits per heavy atom. The summed E-state index contributed by atoms with van der Waals surface area (Å²) in [5.74, 6) is 2.62. The number of hydrogen-bond donors (Lipinski definition) is 13. The molecule has 0 saturated heterocycles. The van der Waals surface area contributed by atoms with Gasteiger partial charge in [-0.05, 0) is 102 Å². The van der Waals surface area contributed by atoms with Gasteiger partial charge in [-0.1, -0.05) is 164 Å². The summed E-state index contributed by atoms with van der Waals surface area (Å²) in [7, 11) is 0. The Hall–Kier alpha value is -10.8. The van der Waals surface area contributed by atoms with Gasteiger partial charge in [0.25, 0.3) is 0 Å². The number of nitrogens with one attached hydrogen (secondary N) is 2. The first-order chi connectivity index (χ1) is 49.8. The number of phenolic OH excluding ortho intramolecular Hbond substituents is 3. The van der Waals surface area contributed by atoms with Crippen molar-refractivity contribution < 1.29 is 64.2 Å². The molecule has 0 amide bonds. The summed E-state index contributed by atoms with van der Waals surface area (Å²) in [6.45, 7) is 7.83. The average Bonchev–Trinajstić information content (AvgIpc) is 0.741. The number of nitrogen functional groups attached to an aromatic ring is 3. The smallest absolute Gasteiger partial charge is 0.127 e. The van der Waals surface area contributed by atoms with Crippen LogP contribution in [-0.4, -0.2) is 141 Å². The molecule has 0 saturated carbocycles. The number of aromatic hydroxyl groups is 3. The van der Waals surface area contributed by atoms with Crippen molar-refractivity contribution >= 4 is 82.3 Å². The van der Waals surface area contributed by atoms with Crippen LogP contribution in [0.4, 0.5) is 28.4 Å². The van der Waals surface area contributed by atoms with Crippen LogP contribution in [0.5, 0.6) is 28.7 Å². The summed E-state index contributed by atoms with van der Waals surface area (Å²) in [6, 6.07) is 56.4. The molecular weight excluding hydrogens is 1290 g/mol. The molecule has 102 heavy (non-hydrogen) atoms. The lowest BCUT2D eigenvalue weighted by Crippen LogP contribution is -2.24. The van der Waals surface area contributed by atoms with E-state index in [1.807, 2.05) is 121 Å². The number of fused-ring (bicyclic) bond motifs is 5. The molecule has 0 aromatic heterocycles. The number of nitrogens with two attached hydrogens (primary N) is 4. The first kappa shape index (κ1) is 75.4. The van der Waals surface area contributed by atoms with E-state index in [4.69, 9.17) is 71.8 Å². The standard InChI is InChI=1S/C18H26N2O4.C18H24O6.C17H15N.C10H10N2.C10H9NO.C10H8O2/c21-9-13-23-11-7-19-17-5-1-3-15-16(17)4-2-6-18(15)20-8-12-24-14-10-22;19-7-9-21-11-13-23-17-5-1-3-15-16(17)4-2-6-18(15)24-14-12-22-10-8-20;1-10-2-3-11-5-8-14-15(18)9-6-12-4-7-13(10)16(11)17(12)14;11-9-5-1-3-7-8(9)4-2-6-10(7)12;11-9-5-1-4-8-7(9)3-2-6-10(8)12;11-9-5-1-3-7-8(9)4-2-6-10(7)12/h1-6,19-22H,7-14H2;1-6,19-20H,7-14H2;2-5,7-9,16H,6,18H2,1H3;1-6H,11-12H2;1-6,12H,11H2;1-6,11-12H. The van der Waals surface area contributed by atoms with Crippen molar-refractivity contribution in [1.29, 1.82) is 0 Å². The van der Waals surface area contributed by atoms with Crippen molar-refractivity contribution in [2.75, 3.05) is 133 Å². The molecule has 0 fully saturated rings. The van der Waals surface area contributed by atoms with Crippen LogP contribution >= 0.6 is 0 Å². The molecular formula is C83H92N6O13. The number of rotatable bonds is 24. The summed E-state index contributed by atoms with van der Waals surface area (Å²) >= 11 is 0. The number of aliphatic hydroxyl groups is 4. The highest BCUT2D eigenvalue weighted by Crippen LogP contribution is 2.49. The normalized spacial score (nSPS) is 13.7. The number of anilines is 5. The molecule has 1 atom stereocenters. The van der Waals surface area contributed by atoms with E-state index in [9.17, 15) is 15.3 Å². The minimum Gasteiger partial charge on any atom is -0.507 e. The Morgan fingerprint density at radius 1 is 0.382 bits per heavy atom. The zero-order chi connectivity index (χ0) is 72.0. The Labute approximate surface area is 594 Å². The minimum absolute atomic E-state index is 0.0109. The molecule has 19 heteroatoms. The monoisotopic (exact) mass is 1380 g/mol. The van der Waals surface area contributed by atoms with Crippen LogP contribution in [0.25, 0.3) is 53.9 Å². The molecule has 0 aliphatic heterocycles. The molecule has 0 heterocycles. The summed E-state index contributed by atoms with van der Waals surface area (Å²) in [4.78, 5) is 0. The maximum absolute atomic E-state index is 9.44. The molecule has 4 aliphatic carbocycles. The third-order valence-corrected chi connectivity index (χ3v) is 16.9. The van der Waals surface area contributed by atoms with Crippen molar-refractivity contribution in [1.82, 2.24) is 0 Å². The molecule has 19 nitrogen and oxygen atoms in total. The molecule has 1 unspecified atom stereocenters. The van der Waals surface area contributed by atoms with Gasteiger partial charge in [-0.25, -0.2) is 0 Å². The van der Waals surface area contributed by atoms with Gasteiger partial charge >= 0.3 is 0 Å². The lowest BCUT2D eigenvalue weighted by Gasteiger charge is -2.37. The van der Waals surface area contributed by atoms with Crippen LogP contribution in [-0.2, 0) is 18.9 Å².